The fourth-order valence-electron chi connectivity index (χ4n) is 1.80. The molecule has 0 radical (unpaired) electrons. The minimum absolute atomic E-state index is 0.381. The van der Waals surface area contributed by atoms with Crippen LogP contribution < -0.4 is 5.73 Å². The molecule has 3 aromatic rings. The number of aromatic nitrogens is 4. The van der Waals surface area contributed by atoms with Crippen molar-refractivity contribution in [1.29, 1.82) is 0 Å². The van der Waals surface area contributed by atoms with Crippen molar-refractivity contribution in [3.8, 4) is 11.5 Å². The quantitative estimate of drug-likeness (QED) is 0.767. The second-order valence-electron chi connectivity index (χ2n) is 4.22. The molecule has 0 saturated carbocycles. The third-order valence-corrected chi connectivity index (χ3v) is 2.81. The van der Waals surface area contributed by atoms with Gasteiger partial charge in [0.25, 0.3) is 0 Å². The summed E-state index contributed by atoms with van der Waals surface area (Å²) in [6, 6.07) is 11.0. The lowest BCUT2D eigenvalue weighted by atomic mass is 10.1. The van der Waals surface area contributed by atoms with E-state index in [4.69, 9.17) is 10.3 Å². The van der Waals surface area contributed by atoms with Crippen LogP contribution in [0.1, 0.15) is 17.5 Å². The Bertz CT molecular complexity index is 673. The molecule has 0 aliphatic heterocycles. The second kappa shape index (κ2) is 4.66. The number of rotatable bonds is 3. The summed E-state index contributed by atoms with van der Waals surface area (Å²) in [7, 11) is 1.83. The lowest BCUT2D eigenvalue weighted by Crippen LogP contribution is -2.11. The molecule has 2 aromatic heterocycles. The van der Waals surface area contributed by atoms with Gasteiger partial charge in [-0.2, -0.15) is 10.1 Å². The number of hydrogen-bond donors (Lipinski definition) is 1. The van der Waals surface area contributed by atoms with Crippen molar-refractivity contribution in [1.82, 2.24) is 19.9 Å². The third kappa shape index (κ3) is 2.25. The van der Waals surface area contributed by atoms with Crippen LogP contribution in [0.15, 0.2) is 47.1 Å². The van der Waals surface area contributed by atoms with Gasteiger partial charge in [0.1, 0.15) is 11.7 Å². The van der Waals surface area contributed by atoms with E-state index in [0.29, 0.717) is 17.4 Å². The predicted octanol–water partition coefficient (Wildman–Crippen LogP) is 1.52. The van der Waals surface area contributed by atoms with Crippen molar-refractivity contribution < 1.29 is 4.52 Å². The van der Waals surface area contributed by atoms with Gasteiger partial charge in [-0.05, 0) is 11.6 Å². The molecule has 6 nitrogen and oxygen atoms in total. The summed E-state index contributed by atoms with van der Waals surface area (Å²) in [6.45, 7) is 0. The maximum Gasteiger partial charge on any atom is 0.248 e. The Balaban J connectivity index is 1.89. The average molecular weight is 255 g/mol. The van der Waals surface area contributed by atoms with Gasteiger partial charge >= 0.3 is 0 Å². The van der Waals surface area contributed by atoms with Crippen LogP contribution in [0.4, 0.5) is 0 Å². The lowest BCUT2D eigenvalue weighted by Gasteiger charge is -2.05. The van der Waals surface area contributed by atoms with Gasteiger partial charge in [-0.25, -0.2) is 0 Å². The van der Waals surface area contributed by atoms with E-state index >= 15 is 0 Å². The van der Waals surface area contributed by atoms with E-state index in [9.17, 15) is 0 Å². The minimum atomic E-state index is -0.425. The zero-order valence-electron chi connectivity index (χ0n) is 10.4. The molecule has 0 fully saturated rings. The summed E-state index contributed by atoms with van der Waals surface area (Å²) < 4.78 is 6.89. The maximum atomic E-state index is 6.09. The minimum Gasteiger partial charge on any atom is -0.337 e. The average Bonchev–Trinajstić information content (AvgIpc) is 3.07. The zero-order valence-corrected chi connectivity index (χ0v) is 10.4. The molecule has 2 N–H and O–H groups in total. The first-order valence-corrected chi connectivity index (χ1v) is 5.88. The fraction of sp³-hybridized carbons (Fsp3) is 0.154. The van der Waals surface area contributed by atoms with Gasteiger partial charge in [0, 0.05) is 13.2 Å². The Hall–Kier alpha value is -2.47. The van der Waals surface area contributed by atoms with Gasteiger partial charge in [0.15, 0.2) is 0 Å². The van der Waals surface area contributed by atoms with E-state index in [1.54, 1.807) is 4.68 Å². The molecule has 0 aliphatic carbocycles. The zero-order chi connectivity index (χ0) is 13.2. The summed E-state index contributed by atoms with van der Waals surface area (Å²) in [5.41, 5.74) is 7.69. The van der Waals surface area contributed by atoms with Gasteiger partial charge in [0.05, 0.1) is 0 Å². The Labute approximate surface area is 109 Å². The van der Waals surface area contributed by atoms with Crippen LogP contribution in [0.25, 0.3) is 11.5 Å². The van der Waals surface area contributed by atoms with Crippen LogP contribution in [-0.2, 0) is 7.05 Å². The van der Waals surface area contributed by atoms with Crippen LogP contribution in [0, 0.1) is 0 Å². The normalized spacial score (nSPS) is 12.5. The van der Waals surface area contributed by atoms with E-state index in [1.165, 1.54) is 0 Å². The van der Waals surface area contributed by atoms with E-state index < -0.39 is 6.04 Å². The van der Waals surface area contributed by atoms with Crippen LogP contribution >= 0.6 is 0 Å². The number of hydrogen-bond acceptors (Lipinski definition) is 5. The highest BCUT2D eigenvalue weighted by Gasteiger charge is 2.18. The maximum absolute atomic E-state index is 6.09. The number of nitrogens with zero attached hydrogens (tertiary/aromatic N) is 4. The molecule has 0 bridgehead atoms. The molecule has 2 heterocycles. The van der Waals surface area contributed by atoms with Crippen molar-refractivity contribution in [3.63, 3.8) is 0 Å². The van der Waals surface area contributed by atoms with Crippen molar-refractivity contribution in [2.75, 3.05) is 0 Å². The van der Waals surface area contributed by atoms with Gasteiger partial charge in [0.2, 0.25) is 11.7 Å². The van der Waals surface area contributed by atoms with Crippen LogP contribution in [0.2, 0.25) is 0 Å². The summed E-state index contributed by atoms with van der Waals surface area (Å²) in [5, 5.41) is 8.12. The van der Waals surface area contributed by atoms with E-state index in [2.05, 4.69) is 15.2 Å². The van der Waals surface area contributed by atoms with E-state index in [1.807, 2.05) is 49.6 Å². The molecule has 0 spiro atoms. The first-order chi connectivity index (χ1) is 9.24. The van der Waals surface area contributed by atoms with Crippen molar-refractivity contribution in [2.45, 2.75) is 6.04 Å². The van der Waals surface area contributed by atoms with Crippen LogP contribution in [-0.4, -0.2) is 19.9 Å². The second-order valence-corrected chi connectivity index (χ2v) is 4.22. The van der Waals surface area contributed by atoms with Gasteiger partial charge < -0.3 is 10.3 Å². The molecule has 0 saturated heterocycles. The number of benzene rings is 1. The van der Waals surface area contributed by atoms with Crippen molar-refractivity contribution in [2.24, 2.45) is 12.8 Å². The summed E-state index contributed by atoms with van der Waals surface area (Å²) in [5.74, 6) is 0.828. The Morgan fingerprint density at radius 2 is 2.00 bits per heavy atom. The smallest absolute Gasteiger partial charge is 0.248 e. The van der Waals surface area contributed by atoms with Gasteiger partial charge in [-0.15, -0.1) is 0 Å². The standard InChI is InChI=1S/C13H13N5O/c1-18-8-7-10(16-18)12-15-13(19-17-12)11(14)9-5-3-2-4-6-9/h2-8,11H,14H2,1H3/t11-/m0/s1. The van der Waals surface area contributed by atoms with Crippen LogP contribution in [0.3, 0.4) is 0 Å². The fourth-order valence-corrected chi connectivity index (χ4v) is 1.80. The summed E-state index contributed by atoms with van der Waals surface area (Å²) >= 11 is 0. The molecule has 0 amide bonds. The Morgan fingerprint density at radius 1 is 1.21 bits per heavy atom. The highest BCUT2D eigenvalue weighted by molar-refractivity contribution is 5.47. The third-order valence-electron chi connectivity index (χ3n) is 2.81. The molecule has 96 valence electrons. The molecular formula is C13H13N5O. The number of nitrogens with two attached hydrogens (primary N) is 1. The van der Waals surface area contributed by atoms with Crippen molar-refractivity contribution in [3.05, 3.63) is 54.0 Å². The molecule has 1 aromatic carbocycles. The van der Waals surface area contributed by atoms with E-state index in [0.717, 1.165) is 5.56 Å². The topological polar surface area (TPSA) is 82.8 Å². The molecule has 19 heavy (non-hydrogen) atoms. The first kappa shape index (κ1) is 11.6. The highest BCUT2D eigenvalue weighted by Crippen LogP contribution is 2.20. The molecular weight excluding hydrogens is 242 g/mol. The Morgan fingerprint density at radius 3 is 2.68 bits per heavy atom. The molecule has 0 aliphatic rings. The number of aryl methyl sites for hydroxylation is 1. The summed E-state index contributed by atoms with van der Waals surface area (Å²) in [4.78, 5) is 4.29. The molecule has 6 heteroatoms. The van der Waals surface area contributed by atoms with Gasteiger partial charge in [-0.1, -0.05) is 35.5 Å². The predicted molar refractivity (Wildman–Crippen MR) is 69.0 cm³/mol. The van der Waals surface area contributed by atoms with Crippen molar-refractivity contribution >= 4 is 0 Å². The summed E-state index contributed by atoms with van der Waals surface area (Å²) in [6.07, 6.45) is 1.82. The Kier molecular flexibility index (Phi) is 2.85. The van der Waals surface area contributed by atoms with Gasteiger partial charge in [-0.3, -0.25) is 4.68 Å². The molecule has 3 rings (SSSR count). The highest BCUT2D eigenvalue weighted by atomic mass is 16.5. The first-order valence-electron chi connectivity index (χ1n) is 5.88. The molecule has 1 atom stereocenters. The largest absolute Gasteiger partial charge is 0.337 e. The lowest BCUT2D eigenvalue weighted by molar-refractivity contribution is 0.367. The molecule has 0 unspecified atom stereocenters. The van der Waals surface area contributed by atoms with Crippen LogP contribution in [0.5, 0.6) is 0 Å². The van der Waals surface area contributed by atoms with E-state index in [-0.39, 0.29) is 0 Å². The SMILES string of the molecule is Cn1ccc(-c2noc([C@@H](N)c3ccccc3)n2)n1. The monoisotopic (exact) mass is 255 g/mol.